The summed E-state index contributed by atoms with van der Waals surface area (Å²) in [6.45, 7) is 18.6. The number of benzene rings is 2. The third-order valence-electron chi connectivity index (χ3n) is 7.39. The molecule has 0 spiro atoms. The third kappa shape index (κ3) is 7.31. The lowest BCUT2D eigenvalue weighted by molar-refractivity contribution is 0.278. The Balaban J connectivity index is 2.48. The predicted octanol–water partition coefficient (Wildman–Crippen LogP) is 10.4. The monoisotopic (exact) mass is 511 g/mol. The molecule has 0 fully saturated rings. The molecule has 0 aromatic heterocycles. The molecule has 0 radical (unpaired) electrons. The van der Waals surface area contributed by atoms with Gasteiger partial charge >= 0.3 is 0 Å². The van der Waals surface area contributed by atoms with Crippen LogP contribution in [0.3, 0.4) is 0 Å². The van der Waals surface area contributed by atoms with Gasteiger partial charge in [0.25, 0.3) is 0 Å². The molecular formula is C32H43Cl2N. The van der Waals surface area contributed by atoms with Crippen LogP contribution in [0.25, 0.3) is 0 Å². The van der Waals surface area contributed by atoms with Crippen molar-refractivity contribution in [3.05, 3.63) is 75.9 Å². The molecule has 3 heteroatoms. The topological polar surface area (TPSA) is 3.24 Å². The van der Waals surface area contributed by atoms with Gasteiger partial charge in [0, 0.05) is 23.6 Å². The first kappa shape index (κ1) is 29.4. The summed E-state index contributed by atoms with van der Waals surface area (Å²) in [4.78, 5) is 2.23. The molecule has 0 heterocycles. The smallest absolute Gasteiger partial charge is 0.0695 e. The van der Waals surface area contributed by atoms with E-state index in [1.807, 2.05) is 36.5 Å². The molecule has 2 rings (SSSR count). The van der Waals surface area contributed by atoms with Crippen LogP contribution in [0.2, 0.25) is 10.0 Å². The highest BCUT2D eigenvalue weighted by atomic mass is 35.5. The van der Waals surface area contributed by atoms with Gasteiger partial charge in [0.1, 0.15) is 0 Å². The van der Waals surface area contributed by atoms with Crippen LogP contribution in [0, 0.1) is 17.8 Å². The molecule has 2 atom stereocenters. The van der Waals surface area contributed by atoms with Crippen molar-refractivity contribution in [3.8, 4) is 11.8 Å². The maximum absolute atomic E-state index is 7.19. The number of nitrogens with zero attached hydrogens (tertiary/aromatic N) is 1. The summed E-state index contributed by atoms with van der Waals surface area (Å²) in [6.07, 6.45) is 8.20. The summed E-state index contributed by atoms with van der Waals surface area (Å²) in [7, 11) is 0. The number of rotatable bonds is 12. The summed E-state index contributed by atoms with van der Waals surface area (Å²) in [5.74, 6) is 7.31. The molecule has 0 aliphatic rings. The van der Waals surface area contributed by atoms with E-state index in [1.165, 1.54) is 12.0 Å². The van der Waals surface area contributed by atoms with E-state index in [0.717, 1.165) is 65.5 Å². The average molecular weight is 513 g/mol. The molecule has 190 valence electrons. The number of halogens is 2. The maximum Gasteiger partial charge on any atom is 0.0695 e. The first-order valence-corrected chi connectivity index (χ1v) is 13.9. The molecule has 0 N–H and O–H groups in total. The minimum absolute atomic E-state index is 0.0305. The van der Waals surface area contributed by atoms with Crippen LogP contribution >= 0.6 is 23.2 Å². The highest BCUT2D eigenvalue weighted by Crippen LogP contribution is 2.49. The Morgan fingerprint density at radius 3 is 2.34 bits per heavy atom. The zero-order valence-corrected chi connectivity index (χ0v) is 24.1. The molecule has 0 aliphatic heterocycles. The molecule has 0 amide bonds. The highest BCUT2D eigenvalue weighted by Gasteiger charge is 2.36. The Bertz CT molecular complexity index is 1020. The van der Waals surface area contributed by atoms with E-state index in [2.05, 4.69) is 70.9 Å². The second kappa shape index (κ2) is 14.0. The fraction of sp³-hybridized carbons (Fsp3) is 0.500. The Hall–Kier alpha value is -1.88. The Morgan fingerprint density at radius 1 is 1.09 bits per heavy atom. The summed E-state index contributed by atoms with van der Waals surface area (Å²) in [5.41, 5.74) is 4.36. The molecule has 0 aliphatic carbocycles. The van der Waals surface area contributed by atoms with E-state index in [0.29, 0.717) is 5.92 Å². The van der Waals surface area contributed by atoms with E-state index in [-0.39, 0.29) is 11.3 Å². The Labute approximate surface area is 224 Å². The number of anilines is 1. The quantitative estimate of drug-likeness (QED) is 0.202. The molecule has 2 aromatic carbocycles. The first-order valence-electron chi connectivity index (χ1n) is 13.2. The minimum atomic E-state index is -0.0305. The van der Waals surface area contributed by atoms with Crippen molar-refractivity contribution in [1.29, 1.82) is 0 Å². The fourth-order valence-corrected chi connectivity index (χ4v) is 5.83. The molecule has 35 heavy (non-hydrogen) atoms. The largest absolute Gasteiger partial charge is 0.347 e. The molecule has 1 nitrogen and oxygen atoms in total. The second-order valence-corrected chi connectivity index (χ2v) is 10.9. The zero-order valence-electron chi connectivity index (χ0n) is 22.6. The molecule has 0 saturated carbocycles. The molecule has 0 saturated heterocycles. The maximum atomic E-state index is 7.19. The molecule has 2 aromatic rings. The second-order valence-electron chi connectivity index (χ2n) is 10.1. The standard InChI is InChI=1S/C32H43Cl2N/c1-8-11-21-32(7,25(6)9-2)27-23-28(33)29(24(4)5)30(34)31(27)35(10-3)22-17-13-16-20-26-18-14-12-15-19-26/h10,12,14-15,18-19,23-25H,3,8-9,11,13,17,21-22H2,1-2,4-7H3. The van der Waals surface area contributed by atoms with Crippen molar-refractivity contribution in [2.24, 2.45) is 5.92 Å². The van der Waals surface area contributed by atoms with Crippen molar-refractivity contribution < 1.29 is 0 Å². The van der Waals surface area contributed by atoms with Crippen LogP contribution in [0.15, 0.2) is 49.2 Å². The fourth-order valence-electron chi connectivity index (χ4n) is 4.83. The van der Waals surface area contributed by atoms with E-state index >= 15 is 0 Å². The average Bonchev–Trinajstić information content (AvgIpc) is 2.84. The van der Waals surface area contributed by atoms with Crippen LogP contribution in [0.4, 0.5) is 5.69 Å². The Kier molecular flexibility index (Phi) is 11.7. The van der Waals surface area contributed by atoms with Crippen molar-refractivity contribution in [2.75, 3.05) is 11.4 Å². The Morgan fingerprint density at radius 2 is 1.77 bits per heavy atom. The summed E-state index contributed by atoms with van der Waals surface area (Å²) >= 11 is 14.1. The van der Waals surface area contributed by atoms with Gasteiger partial charge in [0.15, 0.2) is 0 Å². The van der Waals surface area contributed by atoms with Crippen molar-refractivity contribution >= 4 is 28.9 Å². The lowest BCUT2D eigenvalue weighted by atomic mass is 9.67. The number of unbranched alkanes of at least 4 members (excludes halogenated alkanes) is 2. The minimum Gasteiger partial charge on any atom is -0.347 e. The van der Waals surface area contributed by atoms with Gasteiger partial charge < -0.3 is 4.90 Å². The first-order chi connectivity index (χ1) is 16.7. The van der Waals surface area contributed by atoms with Gasteiger partial charge in [0.2, 0.25) is 0 Å². The van der Waals surface area contributed by atoms with Crippen LogP contribution < -0.4 is 4.90 Å². The van der Waals surface area contributed by atoms with Crippen molar-refractivity contribution in [2.45, 2.75) is 91.4 Å². The summed E-state index contributed by atoms with van der Waals surface area (Å²) in [6, 6.07) is 12.3. The number of hydrogen-bond donors (Lipinski definition) is 0. The van der Waals surface area contributed by atoms with Gasteiger partial charge in [0.05, 0.1) is 10.7 Å². The van der Waals surface area contributed by atoms with Gasteiger partial charge in [-0.25, -0.2) is 0 Å². The van der Waals surface area contributed by atoms with E-state index in [9.17, 15) is 0 Å². The van der Waals surface area contributed by atoms with E-state index in [1.54, 1.807) is 0 Å². The van der Waals surface area contributed by atoms with E-state index < -0.39 is 0 Å². The van der Waals surface area contributed by atoms with Crippen LogP contribution in [0.1, 0.15) is 103 Å². The SMILES string of the molecule is C=CN(CCCC#Cc1ccccc1)c1c(C(C)(CCCC)C(C)CC)cc(Cl)c(C(C)C)c1Cl. The lowest BCUT2D eigenvalue weighted by Crippen LogP contribution is -2.33. The van der Waals surface area contributed by atoms with E-state index in [4.69, 9.17) is 23.2 Å². The molecule has 2 unspecified atom stereocenters. The summed E-state index contributed by atoms with van der Waals surface area (Å²) < 4.78 is 0. The van der Waals surface area contributed by atoms with Crippen LogP contribution in [-0.4, -0.2) is 6.54 Å². The normalized spacial score (nSPS) is 13.6. The number of hydrogen-bond acceptors (Lipinski definition) is 1. The van der Waals surface area contributed by atoms with Crippen molar-refractivity contribution in [1.82, 2.24) is 0 Å². The van der Waals surface area contributed by atoms with Crippen molar-refractivity contribution in [3.63, 3.8) is 0 Å². The lowest BCUT2D eigenvalue weighted by Gasteiger charge is -2.40. The molecule has 0 bridgehead atoms. The van der Waals surface area contributed by atoms with Crippen LogP contribution in [0.5, 0.6) is 0 Å². The summed E-state index contributed by atoms with van der Waals surface area (Å²) in [5, 5.41) is 1.54. The van der Waals surface area contributed by atoms with Gasteiger partial charge in [-0.2, -0.15) is 0 Å². The van der Waals surface area contributed by atoms with Gasteiger partial charge in [-0.15, -0.1) is 0 Å². The highest BCUT2D eigenvalue weighted by molar-refractivity contribution is 6.38. The van der Waals surface area contributed by atoms with Gasteiger partial charge in [-0.1, -0.05) is 121 Å². The zero-order chi connectivity index (χ0) is 26.0. The third-order valence-corrected chi connectivity index (χ3v) is 8.08. The molecular weight excluding hydrogens is 469 g/mol. The predicted molar refractivity (Wildman–Crippen MR) is 157 cm³/mol. The van der Waals surface area contributed by atoms with Gasteiger partial charge in [-0.05, 0) is 65.6 Å². The van der Waals surface area contributed by atoms with Crippen LogP contribution in [-0.2, 0) is 5.41 Å². The van der Waals surface area contributed by atoms with Gasteiger partial charge in [-0.3, -0.25) is 0 Å².